The van der Waals surface area contributed by atoms with Crippen LogP contribution in [-0.4, -0.2) is 16.0 Å². The third-order valence-electron chi connectivity index (χ3n) is 3.04. The minimum atomic E-state index is 0.993. The Morgan fingerprint density at radius 1 is 0.950 bits per heavy atom. The average molecular weight is 345 g/mol. The van der Waals surface area contributed by atoms with Crippen molar-refractivity contribution in [1.29, 1.82) is 0 Å². The van der Waals surface area contributed by atoms with Gasteiger partial charge in [-0.2, -0.15) is 5.10 Å². The fourth-order valence-electron chi connectivity index (χ4n) is 2.11. The highest BCUT2D eigenvalue weighted by atomic mass is 79.9. The van der Waals surface area contributed by atoms with Gasteiger partial charge in [0, 0.05) is 5.56 Å². The lowest BCUT2D eigenvalue weighted by Crippen LogP contribution is -1.98. The lowest BCUT2D eigenvalue weighted by molar-refractivity contribution is 0.843. The highest BCUT2D eigenvalue weighted by molar-refractivity contribution is 9.10. The van der Waals surface area contributed by atoms with Crippen molar-refractivity contribution in [3.63, 3.8) is 0 Å². The zero-order valence-electron chi connectivity index (χ0n) is 11.0. The number of para-hydroxylation sites is 1. The molecular weight excluding hydrogens is 332 g/mol. The SMILES string of the molecule is CSc1nn(-c2ccccc2)c(-c2ccccc2)c1Br. The van der Waals surface area contributed by atoms with E-state index in [2.05, 4.69) is 40.2 Å². The van der Waals surface area contributed by atoms with Gasteiger partial charge < -0.3 is 0 Å². The normalized spacial score (nSPS) is 10.7. The smallest absolute Gasteiger partial charge is 0.133 e. The van der Waals surface area contributed by atoms with Crippen LogP contribution in [0.4, 0.5) is 0 Å². The second-order valence-corrected chi connectivity index (χ2v) is 5.87. The lowest BCUT2D eigenvalue weighted by atomic mass is 10.1. The summed E-state index contributed by atoms with van der Waals surface area (Å²) >= 11 is 5.33. The predicted octanol–water partition coefficient (Wildman–Crippen LogP) is 5.02. The van der Waals surface area contributed by atoms with Gasteiger partial charge in [-0.1, -0.05) is 48.5 Å². The van der Waals surface area contributed by atoms with Crippen molar-refractivity contribution in [3.8, 4) is 16.9 Å². The quantitative estimate of drug-likeness (QED) is 0.620. The Balaban J connectivity index is 2.25. The second kappa shape index (κ2) is 5.85. The van der Waals surface area contributed by atoms with Crippen molar-refractivity contribution >= 4 is 27.7 Å². The van der Waals surface area contributed by atoms with Crippen LogP contribution in [0.5, 0.6) is 0 Å². The van der Waals surface area contributed by atoms with Gasteiger partial charge in [0.1, 0.15) is 5.03 Å². The van der Waals surface area contributed by atoms with Crippen molar-refractivity contribution < 1.29 is 0 Å². The number of halogens is 1. The van der Waals surface area contributed by atoms with Gasteiger partial charge in [0.15, 0.2) is 0 Å². The molecule has 0 amide bonds. The van der Waals surface area contributed by atoms with Gasteiger partial charge in [-0.05, 0) is 34.3 Å². The van der Waals surface area contributed by atoms with E-state index in [9.17, 15) is 0 Å². The van der Waals surface area contributed by atoms with E-state index in [1.54, 1.807) is 11.8 Å². The van der Waals surface area contributed by atoms with Gasteiger partial charge in [-0.25, -0.2) is 4.68 Å². The standard InChI is InChI=1S/C16H13BrN2S/c1-20-16-14(17)15(12-8-4-2-5-9-12)19(18-16)13-10-6-3-7-11-13/h2-11H,1H3. The molecule has 0 N–H and O–H groups in total. The molecule has 2 aromatic carbocycles. The van der Waals surface area contributed by atoms with Gasteiger partial charge >= 0.3 is 0 Å². The number of aromatic nitrogens is 2. The largest absolute Gasteiger partial charge is 0.231 e. The molecule has 20 heavy (non-hydrogen) atoms. The van der Waals surface area contributed by atoms with Gasteiger partial charge in [0.2, 0.25) is 0 Å². The molecule has 100 valence electrons. The molecule has 0 atom stereocenters. The van der Waals surface area contributed by atoms with Crippen molar-refractivity contribution in [3.05, 3.63) is 65.1 Å². The lowest BCUT2D eigenvalue weighted by Gasteiger charge is -2.07. The summed E-state index contributed by atoms with van der Waals surface area (Å²) in [5.74, 6) is 0. The summed E-state index contributed by atoms with van der Waals surface area (Å²) in [5, 5.41) is 5.70. The number of hydrogen-bond donors (Lipinski definition) is 0. The second-order valence-electron chi connectivity index (χ2n) is 4.29. The molecule has 0 saturated carbocycles. The molecule has 0 aliphatic carbocycles. The Morgan fingerprint density at radius 2 is 1.55 bits per heavy atom. The number of benzene rings is 2. The first kappa shape index (κ1) is 13.5. The summed E-state index contributed by atoms with van der Waals surface area (Å²) in [6.45, 7) is 0. The molecule has 1 aromatic heterocycles. The maximum atomic E-state index is 4.71. The first-order valence-electron chi connectivity index (χ1n) is 6.24. The molecule has 0 unspecified atom stereocenters. The summed E-state index contributed by atoms with van der Waals surface area (Å²) < 4.78 is 3.03. The number of nitrogens with zero attached hydrogens (tertiary/aromatic N) is 2. The molecule has 0 fully saturated rings. The maximum Gasteiger partial charge on any atom is 0.133 e. The van der Waals surface area contributed by atoms with Crippen LogP contribution in [0.1, 0.15) is 0 Å². The van der Waals surface area contributed by atoms with E-state index in [0.29, 0.717) is 0 Å². The zero-order valence-corrected chi connectivity index (χ0v) is 13.4. The fourth-order valence-corrected chi connectivity index (χ4v) is 3.51. The van der Waals surface area contributed by atoms with Crippen LogP contribution in [0.25, 0.3) is 16.9 Å². The van der Waals surface area contributed by atoms with Crippen LogP contribution in [-0.2, 0) is 0 Å². The Kier molecular flexibility index (Phi) is 3.94. The Labute approximate surface area is 131 Å². The molecule has 2 nitrogen and oxygen atoms in total. The van der Waals surface area contributed by atoms with Crippen molar-refractivity contribution in [2.24, 2.45) is 0 Å². The van der Waals surface area contributed by atoms with E-state index >= 15 is 0 Å². The Morgan fingerprint density at radius 3 is 2.15 bits per heavy atom. The molecule has 0 radical (unpaired) electrons. The molecule has 0 bridgehead atoms. The minimum Gasteiger partial charge on any atom is -0.231 e. The predicted molar refractivity (Wildman–Crippen MR) is 88.5 cm³/mol. The fraction of sp³-hybridized carbons (Fsp3) is 0.0625. The molecule has 0 aliphatic rings. The third-order valence-corrected chi connectivity index (χ3v) is 4.73. The van der Waals surface area contributed by atoms with E-state index < -0.39 is 0 Å². The molecule has 0 saturated heterocycles. The summed E-state index contributed by atoms with van der Waals surface area (Å²) in [6.07, 6.45) is 2.04. The molecule has 3 rings (SSSR count). The first-order chi connectivity index (χ1) is 9.81. The highest BCUT2D eigenvalue weighted by Crippen LogP contribution is 2.36. The summed E-state index contributed by atoms with van der Waals surface area (Å²) in [6, 6.07) is 20.5. The molecule has 1 heterocycles. The summed E-state index contributed by atoms with van der Waals surface area (Å²) in [4.78, 5) is 0. The molecule has 3 aromatic rings. The molecular formula is C16H13BrN2S. The Bertz CT molecular complexity index is 708. The minimum absolute atomic E-state index is 0.993. The van der Waals surface area contributed by atoms with Gasteiger partial charge in [-0.15, -0.1) is 11.8 Å². The summed E-state index contributed by atoms with van der Waals surface area (Å²) in [5.41, 5.74) is 3.30. The highest BCUT2D eigenvalue weighted by Gasteiger charge is 2.17. The Hall–Kier alpha value is -1.52. The van der Waals surface area contributed by atoms with Gasteiger partial charge in [-0.3, -0.25) is 0 Å². The van der Waals surface area contributed by atoms with Crippen LogP contribution in [0.3, 0.4) is 0 Å². The third kappa shape index (κ3) is 2.41. The van der Waals surface area contributed by atoms with Gasteiger partial charge in [0.05, 0.1) is 15.9 Å². The van der Waals surface area contributed by atoms with Crippen LogP contribution < -0.4 is 0 Å². The van der Waals surface area contributed by atoms with Gasteiger partial charge in [0.25, 0.3) is 0 Å². The van der Waals surface area contributed by atoms with E-state index in [1.165, 1.54) is 0 Å². The topological polar surface area (TPSA) is 17.8 Å². The molecule has 4 heteroatoms. The van der Waals surface area contributed by atoms with Crippen molar-refractivity contribution in [1.82, 2.24) is 9.78 Å². The van der Waals surface area contributed by atoms with Crippen molar-refractivity contribution in [2.45, 2.75) is 5.03 Å². The number of rotatable bonds is 3. The average Bonchev–Trinajstić information content (AvgIpc) is 2.86. The molecule has 0 aliphatic heterocycles. The van der Waals surface area contributed by atoms with Crippen LogP contribution in [0.2, 0.25) is 0 Å². The molecule has 0 spiro atoms. The van der Waals surface area contributed by atoms with E-state index in [4.69, 9.17) is 5.10 Å². The monoisotopic (exact) mass is 344 g/mol. The first-order valence-corrected chi connectivity index (χ1v) is 8.26. The summed E-state index contributed by atoms with van der Waals surface area (Å²) in [7, 11) is 0. The van der Waals surface area contributed by atoms with Crippen LogP contribution in [0.15, 0.2) is 70.2 Å². The van der Waals surface area contributed by atoms with E-state index in [0.717, 1.165) is 26.4 Å². The van der Waals surface area contributed by atoms with Crippen LogP contribution >= 0.6 is 27.7 Å². The number of hydrogen-bond acceptors (Lipinski definition) is 2. The van der Waals surface area contributed by atoms with Crippen LogP contribution in [0, 0.1) is 0 Å². The van der Waals surface area contributed by atoms with E-state index in [1.807, 2.05) is 47.3 Å². The maximum absolute atomic E-state index is 4.71. The van der Waals surface area contributed by atoms with Crippen molar-refractivity contribution in [2.75, 3.05) is 6.26 Å². The zero-order chi connectivity index (χ0) is 13.9. The van der Waals surface area contributed by atoms with E-state index in [-0.39, 0.29) is 0 Å². The number of thioether (sulfide) groups is 1.